The summed E-state index contributed by atoms with van der Waals surface area (Å²) >= 11 is 0.754. The minimum Gasteiger partial charge on any atom is -0.319 e. The van der Waals surface area contributed by atoms with Gasteiger partial charge >= 0.3 is 6.18 Å². The van der Waals surface area contributed by atoms with Gasteiger partial charge in [0.15, 0.2) is 5.01 Å². The average Bonchev–Trinajstić information content (AvgIpc) is 2.80. The topological polar surface area (TPSA) is 28.2 Å². The molecular weight excluding hydrogens is 311 g/mol. The van der Waals surface area contributed by atoms with Gasteiger partial charge in [0.25, 0.3) is 0 Å². The maximum Gasteiger partial charge on any atom is 0.443 e. The van der Waals surface area contributed by atoms with Crippen molar-refractivity contribution in [3.05, 3.63) is 16.1 Å². The molecule has 1 aliphatic heterocycles. The van der Waals surface area contributed by atoms with Gasteiger partial charge in [0.2, 0.25) is 0 Å². The molecule has 116 valence electrons. The number of nitrogens with zero attached hydrogens (tertiary/aromatic N) is 2. The fraction of sp³-hybridized carbons (Fsp3) is 0.750. The van der Waals surface area contributed by atoms with E-state index in [0.29, 0.717) is 17.3 Å². The third-order valence-corrected chi connectivity index (χ3v) is 4.40. The Bertz CT molecular complexity index is 403. The summed E-state index contributed by atoms with van der Waals surface area (Å²) in [5, 5.41) is 2.43. The van der Waals surface area contributed by atoms with Crippen LogP contribution in [-0.2, 0) is 12.7 Å². The molecule has 1 aromatic rings. The van der Waals surface area contributed by atoms with E-state index in [9.17, 15) is 13.2 Å². The van der Waals surface area contributed by atoms with Gasteiger partial charge in [-0.15, -0.1) is 23.7 Å². The summed E-state index contributed by atoms with van der Waals surface area (Å²) in [6.45, 7) is 3.50. The van der Waals surface area contributed by atoms with Gasteiger partial charge in [0, 0.05) is 17.6 Å². The summed E-state index contributed by atoms with van der Waals surface area (Å²) in [6.07, 6.45) is -0.757. The Balaban J connectivity index is 0.00000200. The molecule has 0 aromatic carbocycles. The lowest BCUT2D eigenvalue weighted by atomic mass is 9.97. The molecule has 0 radical (unpaired) electrons. The maximum atomic E-state index is 12.4. The molecule has 0 saturated carbocycles. The summed E-state index contributed by atoms with van der Waals surface area (Å²) in [7, 11) is 1.95. The van der Waals surface area contributed by atoms with Crippen LogP contribution in [0.4, 0.5) is 13.2 Å². The van der Waals surface area contributed by atoms with Crippen molar-refractivity contribution in [2.45, 2.75) is 25.6 Å². The molecule has 8 heteroatoms. The highest BCUT2D eigenvalue weighted by Crippen LogP contribution is 2.33. The highest BCUT2D eigenvalue weighted by molar-refractivity contribution is 7.11. The van der Waals surface area contributed by atoms with Gasteiger partial charge < -0.3 is 5.32 Å². The zero-order valence-corrected chi connectivity index (χ0v) is 12.9. The Morgan fingerprint density at radius 3 is 2.55 bits per heavy atom. The largest absolute Gasteiger partial charge is 0.443 e. The number of likely N-dealkylation sites (tertiary alicyclic amines) is 1. The third kappa shape index (κ3) is 4.87. The van der Waals surface area contributed by atoms with Crippen molar-refractivity contribution in [3.8, 4) is 0 Å². The number of thiazole rings is 1. The van der Waals surface area contributed by atoms with Crippen LogP contribution in [-0.4, -0.2) is 36.6 Å². The fourth-order valence-electron chi connectivity index (χ4n) is 2.37. The van der Waals surface area contributed by atoms with Gasteiger partial charge in [-0.2, -0.15) is 13.2 Å². The Morgan fingerprint density at radius 1 is 1.40 bits per heavy atom. The van der Waals surface area contributed by atoms with Crippen LogP contribution in [0.2, 0.25) is 0 Å². The Kier molecular flexibility index (Phi) is 6.71. The van der Waals surface area contributed by atoms with E-state index < -0.39 is 11.2 Å². The summed E-state index contributed by atoms with van der Waals surface area (Å²) in [4.78, 5) is 6.36. The highest BCUT2D eigenvalue weighted by atomic mass is 35.5. The summed E-state index contributed by atoms with van der Waals surface area (Å²) in [6, 6.07) is 0. The van der Waals surface area contributed by atoms with Gasteiger partial charge in [-0.1, -0.05) is 0 Å². The Morgan fingerprint density at radius 2 is 2.05 bits per heavy atom. The second-order valence-corrected chi connectivity index (χ2v) is 6.02. The lowest BCUT2D eigenvalue weighted by molar-refractivity contribution is -0.137. The monoisotopic (exact) mass is 329 g/mol. The number of rotatable bonds is 4. The zero-order chi connectivity index (χ0) is 13.9. The Hall–Kier alpha value is -0.370. The highest BCUT2D eigenvalue weighted by Gasteiger charge is 2.34. The minimum absolute atomic E-state index is 0. The summed E-state index contributed by atoms with van der Waals surface area (Å²) in [5.41, 5.74) is 0. The van der Waals surface area contributed by atoms with E-state index in [4.69, 9.17) is 0 Å². The van der Waals surface area contributed by atoms with Crippen molar-refractivity contribution < 1.29 is 13.2 Å². The van der Waals surface area contributed by atoms with Crippen molar-refractivity contribution in [1.29, 1.82) is 0 Å². The molecule has 3 nitrogen and oxygen atoms in total. The van der Waals surface area contributed by atoms with Crippen molar-refractivity contribution in [2.24, 2.45) is 5.92 Å². The van der Waals surface area contributed by atoms with E-state index in [2.05, 4.69) is 15.2 Å². The molecule has 0 unspecified atom stereocenters. The molecule has 20 heavy (non-hydrogen) atoms. The molecule has 0 aliphatic carbocycles. The predicted molar refractivity (Wildman–Crippen MR) is 76.3 cm³/mol. The second-order valence-electron chi connectivity index (χ2n) is 4.91. The lowest BCUT2D eigenvalue weighted by Gasteiger charge is -2.31. The first kappa shape index (κ1) is 17.7. The first-order valence-corrected chi connectivity index (χ1v) is 7.19. The molecular formula is C12H19ClF3N3S. The van der Waals surface area contributed by atoms with Gasteiger partial charge in [0.1, 0.15) is 0 Å². The quantitative estimate of drug-likeness (QED) is 0.920. The average molecular weight is 330 g/mol. The molecule has 1 aliphatic rings. The number of piperidine rings is 1. The summed E-state index contributed by atoms with van der Waals surface area (Å²) in [5.74, 6) is 0.688. The molecule has 2 heterocycles. The minimum atomic E-state index is -4.32. The molecule has 1 saturated heterocycles. The molecule has 1 fully saturated rings. The van der Waals surface area contributed by atoms with Gasteiger partial charge in [-0.25, -0.2) is 4.98 Å². The van der Waals surface area contributed by atoms with Crippen LogP contribution in [0.5, 0.6) is 0 Å². The van der Waals surface area contributed by atoms with Crippen LogP contribution in [0.15, 0.2) is 6.20 Å². The molecule has 0 bridgehead atoms. The van der Waals surface area contributed by atoms with Crippen molar-refractivity contribution in [2.75, 3.05) is 26.7 Å². The van der Waals surface area contributed by atoms with E-state index >= 15 is 0 Å². The fourth-order valence-corrected chi connectivity index (χ4v) is 3.19. The van der Waals surface area contributed by atoms with Crippen molar-refractivity contribution in [1.82, 2.24) is 15.2 Å². The number of nitrogens with one attached hydrogen (secondary N) is 1. The summed E-state index contributed by atoms with van der Waals surface area (Å²) < 4.78 is 37.3. The van der Waals surface area contributed by atoms with E-state index in [1.54, 1.807) is 0 Å². The lowest BCUT2D eigenvalue weighted by Crippen LogP contribution is -2.36. The Labute approximate surface area is 127 Å². The van der Waals surface area contributed by atoms with Crippen LogP contribution in [0.3, 0.4) is 0 Å². The second kappa shape index (κ2) is 7.59. The molecule has 0 atom stereocenters. The van der Waals surface area contributed by atoms with Crippen molar-refractivity contribution >= 4 is 23.7 Å². The van der Waals surface area contributed by atoms with Crippen LogP contribution < -0.4 is 5.32 Å². The molecule has 0 spiro atoms. The van der Waals surface area contributed by atoms with Gasteiger partial charge in [-0.3, -0.25) is 4.90 Å². The number of alkyl halides is 3. The van der Waals surface area contributed by atoms with E-state index in [1.165, 1.54) is 6.20 Å². The van der Waals surface area contributed by atoms with Crippen LogP contribution in [0.25, 0.3) is 0 Å². The van der Waals surface area contributed by atoms with E-state index in [-0.39, 0.29) is 12.4 Å². The molecule has 1 N–H and O–H groups in total. The third-order valence-electron chi connectivity index (χ3n) is 3.38. The van der Waals surface area contributed by atoms with Gasteiger partial charge in [-0.05, 0) is 45.4 Å². The van der Waals surface area contributed by atoms with Crippen molar-refractivity contribution in [3.63, 3.8) is 0 Å². The first-order valence-electron chi connectivity index (χ1n) is 6.38. The molecule has 2 rings (SSSR count). The number of halogens is 4. The number of hydrogen-bond donors (Lipinski definition) is 1. The molecule has 0 amide bonds. The molecule has 1 aromatic heterocycles. The van der Waals surface area contributed by atoms with Gasteiger partial charge in [0.05, 0.1) is 0 Å². The predicted octanol–water partition coefficient (Wildman–Crippen LogP) is 3.02. The van der Waals surface area contributed by atoms with E-state index in [1.807, 2.05) is 7.05 Å². The maximum absolute atomic E-state index is 12.4. The van der Waals surface area contributed by atoms with Crippen LogP contribution in [0.1, 0.15) is 22.7 Å². The number of hydrogen-bond acceptors (Lipinski definition) is 4. The normalized spacial score (nSPS) is 18.0. The van der Waals surface area contributed by atoms with Crippen LogP contribution in [0, 0.1) is 5.92 Å². The van der Waals surface area contributed by atoms with E-state index in [0.717, 1.165) is 43.8 Å². The smallest absolute Gasteiger partial charge is 0.319 e. The number of aromatic nitrogens is 1. The first-order chi connectivity index (χ1) is 8.99. The standard InChI is InChI=1S/C12H18F3N3S.ClH/c1-16-6-9-2-4-18(5-3-9)8-10-7-17-11(19-10)12(13,14)15;/h7,9,16H,2-6,8H2,1H3;1H. The zero-order valence-electron chi connectivity index (χ0n) is 11.2. The SMILES string of the molecule is CNCC1CCN(Cc2cnc(C(F)(F)F)s2)CC1.Cl. The van der Waals surface area contributed by atoms with Crippen LogP contribution >= 0.6 is 23.7 Å².